The third-order valence-corrected chi connectivity index (χ3v) is 3.22. The molecular weight excluding hydrogens is 317 g/mol. The van der Waals surface area contributed by atoms with Gasteiger partial charge in [-0.1, -0.05) is 6.92 Å². The van der Waals surface area contributed by atoms with Crippen molar-refractivity contribution in [2.45, 2.75) is 20.3 Å². The molecule has 0 N–H and O–H groups in total. The molecule has 3 nitrogen and oxygen atoms in total. The van der Waals surface area contributed by atoms with Crippen LogP contribution >= 0.6 is 22.6 Å². The van der Waals surface area contributed by atoms with Gasteiger partial charge in [0.25, 0.3) is 0 Å². The number of nitriles is 1. The monoisotopic (exact) mass is 329 g/mol. The molecule has 0 aliphatic carbocycles. The van der Waals surface area contributed by atoms with Crippen molar-refractivity contribution in [1.82, 2.24) is 0 Å². The number of halogens is 1. The highest BCUT2D eigenvalue weighted by molar-refractivity contribution is 14.1. The van der Waals surface area contributed by atoms with E-state index in [2.05, 4.69) is 22.6 Å². The number of hydrogen-bond acceptors (Lipinski definition) is 3. The fourth-order valence-corrected chi connectivity index (χ4v) is 2.33. The number of carbonyl (C=O) groups is 1. The molecule has 0 radical (unpaired) electrons. The molecule has 0 aliphatic rings. The normalized spacial score (nSPS) is 9.62. The smallest absolute Gasteiger partial charge is 0.339 e. The number of hydrogen-bond donors (Lipinski definition) is 0. The van der Waals surface area contributed by atoms with Crippen LogP contribution in [0.3, 0.4) is 0 Å². The second-order valence-electron chi connectivity index (χ2n) is 3.13. The van der Waals surface area contributed by atoms with Crippen LogP contribution in [0.2, 0.25) is 0 Å². The zero-order valence-corrected chi connectivity index (χ0v) is 11.4. The number of carbonyl (C=O) groups excluding carboxylic acids is 1. The molecule has 16 heavy (non-hydrogen) atoms. The van der Waals surface area contributed by atoms with Crippen LogP contribution in [0.1, 0.15) is 35.3 Å². The van der Waals surface area contributed by atoms with E-state index in [0.29, 0.717) is 24.2 Å². The van der Waals surface area contributed by atoms with Crippen molar-refractivity contribution in [3.63, 3.8) is 0 Å². The first kappa shape index (κ1) is 13.0. The third kappa shape index (κ3) is 2.53. The van der Waals surface area contributed by atoms with Gasteiger partial charge in [-0.25, -0.2) is 4.79 Å². The second kappa shape index (κ2) is 5.85. The minimum Gasteiger partial charge on any atom is -0.462 e. The maximum absolute atomic E-state index is 11.8. The first-order chi connectivity index (χ1) is 7.65. The molecule has 0 aliphatic heterocycles. The van der Waals surface area contributed by atoms with Crippen molar-refractivity contribution in [3.8, 4) is 6.07 Å². The molecule has 0 unspecified atom stereocenters. The molecule has 4 heteroatoms. The summed E-state index contributed by atoms with van der Waals surface area (Å²) in [5.41, 5.74) is 1.69. The Hall–Kier alpha value is -1.09. The Morgan fingerprint density at radius 1 is 1.50 bits per heavy atom. The molecule has 1 aromatic carbocycles. The molecule has 0 saturated heterocycles. The lowest BCUT2D eigenvalue weighted by molar-refractivity contribution is 0.0524. The van der Waals surface area contributed by atoms with Crippen molar-refractivity contribution >= 4 is 28.6 Å². The maximum atomic E-state index is 11.8. The van der Waals surface area contributed by atoms with Crippen LogP contribution in [0.4, 0.5) is 0 Å². The maximum Gasteiger partial charge on any atom is 0.339 e. The number of ether oxygens (including phenoxy) is 1. The molecule has 0 saturated carbocycles. The largest absolute Gasteiger partial charge is 0.462 e. The molecule has 0 amide bonds. The zero-order valence-electron chi connectivity index (χ0n) is 9.21. The Labute approximate surface area is 109 Å². The Kier molecular flexibility index (Phi) is 4.74. The molecule has 84 valence electrons. The molecular formula is C12H12INO2. The molecule has 0 fully saturated rings. The molecule has 1 rings (SSSR count). The van der Waals surface area contributed by atoms with Gasteiger partial charge in [0, 0.05) is 3.57 Å². The first-order valence-electron chi connectivity index (χ1n) is 5.04. The molecule has 0 atom stereocenters. The fourth-order valence-electron chi connectivity index (χ4n) is 1.50. The topological polar surface area (TPSA) is 50.1 Å². The van der Waals surface area contributed by atoms with Gasteiger partial charge in [0.2, 0.25) is 0 Å². The average Bonchev–Trinajstić information content (AvgIpc) is 2.28. The van der Waals surface area contributed by atoms with Crippen molar-refractivity contribution in [1.29, 1.82) is 5.26 Å². The third-order valence-electron chi connectivity index (χ3n) is 2.21. The number of nitrogens with zero attached hydrogens (tertiary/aromatic N) is 1. The fraction of sp³-hybridized carbons (Fsp3) is 0.333. The number of rotatable bonds is 3. The Balaban J connectivity index is 3.37. The molecule has 0 spiro atoms. The second-order valence-corrected chi connectivity index (χ2v) is 4.30. The average molecular weight is 329 g/mol. The van der Waals surface area contributed by atoms with Gasteiger partial charge < -0.3 is 4.74 Å². The molecule has 0 aromatic heterocycles. The number of benzene rings is 1. The van der Waals surface area contributed by atoms with Gasteiger partial charge in [-0.2, -0.15) is 5.26 Å². The Bertz CT molecular complexity index is 449. The highest BCUT2D eigenvalue weighted by Gasteiger charge is 2.18. The standard InChI is InChI=1S/C12H12INO2/c1-3-9-10(13)6-5-8(7-14)11(9)12(15)16-4-2/h5-6H,3-4H2,1-2H3. The van der Waals surface area contributed by atoms with Crippen LogP contribution in [-0.4, -0.2) is 12.6 Å². The van der Waals surface area contributed by atoms with Gasteiger partial charge in [-0.05, 0) is 53.6 Å². The van der Waals surface area contributed by atoms with Crippen LogP contribution in [0.15, 0.2) is 12.1 Å². The lowest BCUT2D eigenvalue weighted by atomic mass is 10.00. The predicted molar refractivity (Wildman–Crippen MR) is 69.2 cm³/mol. The minimum atomic E-state index is -0.408. The van der Waals surface area contributed by atoms with E-state index in [4.69, 9.17) is 10.00 Å². The first-order valence-corrected chi connectivity index (χ1v) is 6.12. The summed E-state index contributed by atoms with van der Waals surface area (Å²) in [6, 6.07) is 5.54. The predicted octanol–water partition coefficient (Wildman–Crippen LogP) is 2.90. The van der Waals surface area contributed by atoms with E-state index in [1.807, 2.05) is 19.1 Å². The van der Waals surface area contributed by atoms with E-state index in [-0.39, 0.29) is 0 Å². The molecule has 0 heterocycles. The highest BCUT2D eigenvalue weighted by atomic mass is 127. The summed E-state index contributed by atoms with van der Waals surface area (Å²) in [5.74, 6) is -0.408. The van der Waals surface area contributed by atoms with E-state index < -0.39 is 5.97 Å². The highest BCUT2D eigenvalue weighted by Crippen LogP contribution is 2.22. The molecule has 0 bridgehead atoms. The zero-order chi connectivity index (χ0) is 12.1. The molecule has 1 aromatic rings. The quantitative estimate of drug-likeness (QED) is 0.633. The van der Waals surface area contributed by atoms with Crippen molar-refractivity contribution in [3.05, 3.63) is 32.4 Å². The SMILES string of the molecule is CCOC(=O)c1c(C#N)ccc(I)c1CC. The van der Waals surface area contributed by atoms with Crippen LogP contribution < -0.4 is 0 Å². The lowest BCUT2D eigenvalue weighted by Crippen LogP contribution is -2.11. The van der Waals surface area contributed by atoms with Crippen LogP contribution in [0, 0.1) is 14.9 Å². The van der Waals surface area contributed by atoms with Gasteiger partial charge in [0.15, 0.2) is 0 Å². The van der Waals surface area contributed by atoms with Gasteiger partial charge >= 0.3 is 5.97 Å². The summed E-state index contributed by atoms with van der Waals surface area (Å²) < 4.78 is 5.96. The van der Waals surface area contributed by atoms with E-state index in [0.717, 1.165) is 9.13 Å². The summed E-state index contributed by atoms with van der Waals surface area (Å²) in [6.07, 6.45) is 0.710. The summed E-state index contributed by atoms with van der Waals surface area (Å²) in [5, 5.41) is 8.99. The summed E-state index contributed by atoms with van der Waals surface area (Å²) in [6.45, 7) is 4.03. The van der Waals surface area contributed by atoms with Gasteiger partial charge in [-0.3, -0.25) is 0 Å². The van der Waals surface area contributed by atoms with Gasteiger partial charge in [0.05, 0.1) is 17.7 Å². The van der Waals surface area contributed by atoms with Crippen molar-refractivity contribution in [2.24, 2.45) is 0 Å². The van der Waals surface area contributed by atoms with Crippen LogP contribution in [-0.2, 0) is 11.2 Å². The van der Waals surface area contributed by atoms with Crippen LogP contribution in [0.25, 0.3) is 0 Å². The van der Waals surface area contributed by atoms with Crippen LogP contribution in [0.5, 0.6) is 0 Å². The Morgan fingerprint density at radius 3 is 2.69 bits per heavy atom. The Morgan fingerprint density at radius 2 is 2.19 bits per heavy atom. The van der Waals surface area contributed by atoms with E-state index in [1.165, 1.54) is 0 Å². The van der Waals surface area contributed by atoms with E-state index in [9.17, 15) is 4.79 Å². The summed E-state index contributed by atoms with van der Waals surface area (Å²) >= 11 is 2.16. The van der Waals surface area contributed by atoms with Crippen molar-refractivity contribution in [2.75, 3.05) is 6.61 Å². The van der Waals surface area contributed by atoms with Crippen molar-refractivity contribution < 1.29 is 9.53 Å². The summed E-state index contributed by atoms with van der Waals surface area (Å²) in [7, 11) is 0. The van der Waals surface area contributed by atoms with E-state index in [1.54, 1.807) is 13.0 Å². The van der Waals surface area contributed by atoms with Gasteiger partial charge in [-0.15, -0.1) is 0 Å². The lowest BCUT2D eigenvalue weighted by Gasteiger charge is -2.10. The van der Waals surface area contributed by atoms with Gasteiger partial charge in [0.1, 0.15) is 6.07 Å². The number of esters is 1. The summed E-state index contributed by atoms with van der Waals surface area (Å²) in [4.78, 5) is 11.8. The minimum absolute atomic E-state index is 0.318. The van der Waals surface area contributed by atoms with E-state index >= 15 is 0 Å².